The van der Waals surface area contributed by atoms with Gasteiger partial charge in [0.05, 0.1) is 5.02 Å². The predicted molar refractivity (Wildman–Crippen MR) is 71.3 cm³/mol. The van der Waals surface area contributed by atoms with Crippen LogP contribution in [0.2, 0.25) is 5.02 Å². The molecule has 0 saturated heterocycles. The normalized spacial score (nSPS) is 12.7. The Morgan fingerprint density at radius 2 is 2.11 bits per heavy atom. The maximum Gasteiger partial charge on any atom is 0.135 e. The molecule has 2 aromatic rings. The number of hydrogen-bond acceptors (Lipinski definition) is 2. The number of rotatable bonds is 4. The Morgan fingerprint density at radius 3 is 2.78 bits per heavy atom. The highest BCUT2D eigenvalue weighted by Gasteiger charge is 2.10. The Hall–Kier alpha value is -1.32. The highest BCUT2D eigenvalue weighted by molar-refractivity contribution is 6.33. The number of hydrogen-bond donors (Lipinski definition) is 1. The van der Waals surface area contributed by atoms with E-state index in [1.165, 1.54) is 12.1 Å². The van der Waals surface area contributed by atoms with E-state index in [4.69, 9.17) is 16.0 Å². The van der Waals surface area contributed by atoms with Gasteiger partial charge in [0.15, 0.2) is 0 Å². The fourth-order valence-electron chi connectivity index (χ4n) is 1.73. The highest BCUT2D eigenvalue weighted by atomic mass is 35.5. The molecule has 0 aliphatic carbocycles. The number of likely N-dealkylation sites (N-methyl/N-ethyl adjacent to an activating group) is 1. The van der Waals surface area contributed by atoms with E-state index in [-0.39, 0.29) is 5.82 Å². The Kier molecular flexibility index (Phi) is 4.04. The lowest BCUT2D eigenvalue weighted by atomic mass is 10.1. The minimum absolute atomic E-state index is 0.340. The van der Waals surface area contributed by atoms with Gasteiger partial charge in [-0.25, -0.2) is 4.39 Å². The minimum Gasteiger partial charge on any atom is -0.461 e. The van der Waals surface area contributed by atoms with E-state index < -0.39 is 0 Å². The first-order valence-electron chi connectivity index (χ1n) is 5.81. The first-order valence-corrected chi connectivity index (χ1v) is 6.19. The Balaban J connectivity index is 2.24. The molecule has 1 aromatic heterocycles. The summed E-state index contributed by atoms with van der Waals surface area (Å²) in [6, 6.07) is 8.41. The van der Waals surface area contributed by atoms with Crippen LogP contribution in [0.4, 0.5) is 4.39 Å². The summed E-state index contributed by atoms with van der Waals surface area (Å²) in [6.07, 6.45) is 0.801. The van der Waals surface area contributed by atoms with E-state index in [1.54, 1.807) is 6.07 Å². The van der Waals surface area contributed by atoms with Crippen molar-refractivity contribution < 1.29 is 8.81 Å². The molecule has 0 saturated carbocycles. The van der Waals surface area contributed by atoms with Crippen LogP contribution < -0.4 is 5.32 Å². The van der Waals surface area contributed by atoms with Gasteiger partial charge >= 0.3 is 0 Å². The Morgan fingerprint density at radius 1 is 1.33 bits per heavy atom. The molecule has 1 heterocycles. The number of furan rings is 1. The second-order valence-corrected chi connectivity index (χ2v) is 4.69. The third kappa shape index (κ3) is 2.92. The van der Waals surface area contributed by atoms with Crippen molar-refractivity contribution in [2.24, 2.45) is 0 Å². The first kappa shape index (κ1) is 13.1. The summed E-state index contributed by atoms with van der Waals surface area (Å²) in [5, 5.41) is 3.50. The van der Waals surface area contributed by atoms with Gasteiger partial charge in [-0.2, -0.15) is 0 Å². The topological polar surface area (TPSA) is 25.2 Å². The molecule has 0 radical (unpaired) electrons. The van der Waals surface area contributed by atoms with E-state index in [2.05, 4.69) is 12.2 Å². The van der Waals surface area contributed by atoms with Gasteiger partial charge in [0.25, 0.3) is 0 Å². The summed E-state index contributed by atoms with van der Waals surface area (Å²) in [6.45, 7) is 2.08. The highest BCUT2D eigenvalue weighted by Crippen LogP contribution is 2.30. The Bertz CT molecular complexity index is 538. The number of benzene rings is 1. The molecule has 0 aliphatic heterocycles. The molecule has 18 heavy (non-hydrogen) atoms. The molecule has 0 spiro atoms. The monoisotopic (exact) mass is 267 g/mol. The van der Waals surface area contributed by atoms with Gasteiger partial charge in [0, 0.05) is 18.0 Å². The maximum atomic E-state index is 13.0. The molecule has 1 aromatic carbocycles. The van der Waals surface area contributed by atoms with E-state index in [1.807, 2.05) is 19.2 Å². The van der Waals surface area contributed by atoms with Crippen LogP contribution in [0.25, 0.3) is 11.3 Å². The van der Waals surface area contributed by atoms with E-state index in [0.29, 0.717) is 22.4 Å². The second-order valence-electron chi connectivity index (χ2n) is 4.28. The maximum absolute atomic E-state index is 13.0. The van der Waals surface area contributed by atoms with Crippen molar-refractivity contribution in [3.05, 3.63) is 46.9 Å². The van der Waals surface area contributed by atoms with E-state index in [9.17, 15) is 4.39 Å². The molecule has 4 heteroatoms. The minimum atomic E-state index is -0.348. The van der Waals surface area contributed by atoms with Crippen molar-refractivity contribution >= 4 is 11.6 Å². The molecule has 0 bridgehead atoms. The quantitative estimate of drug-likeness (QED) is 0.909. The third-order valence-electron chi connectivity index (χ3n) is 2.86. The zero-order chi connectivity index (χ0) is 13.1. The van der Waals surface area contributed by atoms with Gasteiger partial charge in [-0.3, -0.25) is 0 Å². The summed E-state index contributed by atoms with van der Waals surface area (Å²) in [5.41, 5.74) is 0.710. The summed E-state index contributed by atoms with van der Waals surface area (Å²) in [7, 11) is 1.91. The predicted octanol–water partition coefficient (Wildman–Crippen LogP) is 3.89. The van der Waals surface area contributed by atoms with Gasteiger partial charge in [-0.05, 0) is 44.3 Å². The molecular formula is C14H15ClFNO. The summed E-state index contributed by atoms with van der Waals surface area (Å²) in [4.78, 5) is 0. The van der Waals surface area contributed by atoms with Gasteiger partial charge in [-0.1, -0.05) is 11.6 Å². The van der Waals surface area contributed by atoms with Crippen LogP contribution >= 0.6 is 11.6 Å². The van der Waals surface area contributed by atoms with Gasteiger partial charge < -0.3 is 9.73 Å². The van der Waals surface area contributed by atoms with Crippen LogP contribution in [0.5, 0.6) is 0 Å². The average Bonchev–Trinajstić information content (AvgIpc) is 2.77. The second kappa shape index (κ2) is 5.55. The molecule has 1 atom stereocenters. The average molecular weight is 268 g/mol. The zero-order valence-corrected chi connectivity index (χ0v) is 11.1. The van der Waals surface area contributed by atoms with Gasteiger partial charge in [0.1, 0.15) is 17.3 Å². The van der Waals surface area contributed by atoms with Crippen molar-refractivity contribution in [1.82, 2.24) is 5.32 Å². The van der Waals surface area contributed by atoms with E-state index >= 15 is 0 Å². The molecule has 1 unspecified atom stereocenters. The molecule has 1 N–H and O–H groups in total. The summed E-state index contributed by atoms with van der Waals surface area (Å²) >= 11 is 5.99. The SMILES string of the molecule is CNC(C)Cc1ccc(-c2ccc(F)cc2Cl)o1. The van der Waals surface area contributed by atoms with Gasteiger partial charge in [-0.15, -0.1) is 0 Å². The van der Waals surface area contributed by atoms with Crippen molar-refractivity contribution in [3.8, 4) is 11.3 Å². The van der Waals surface area contributed by atoms with E-state index in [0.717, 1.165) is 12.2 Å². The van der Waals surface area contributed by atoms with Crippen molar-refractivity contribution in [2.75, 3.05) is 7.05 Å². The lowest BCUT2D eigenvalue weighted by molar-refractivity contribution is 0.481. The van der Waals surface area contributed by atoms with Crippen LogP contribution in [0, 0.1) is 5.82 Å². The lowest BCUT2D eigenvalue weighted by Gasteiger charge is -2.07. The number of nitrogens with one attached hydrogen (secondary N) is 1. The molecule has 96 valence electrons. The van der Waals surface area contributed by atoms with Crippen LogP contribution in [0.3, 0.4) is 0 Å². The van der Waals surface area contributed by atoms with Crippen molar-refractivity contribution in [2.45, 2.75) is 19.4 Å². The van der Waals surface area contributed by atoms with Crippen LogP contribution in [0.1, 0.15) is 12.7 Å². The number of halogens is 2. The van der Waals surface area contributed by atoms with Crippen LogP contribution in [-0.4, -0.2) is 13.1 Å². The van der Waals surface area contributed by atoms with Crippen molar-refractivity contribution in [1.29, 1.82) is 0 Å². The molecule has 2 nitrogen and oxygen atoms in total. The molecule has 2 rings (SSSR count). The van der Waals surface area contributed by atoms with Crippen LogP contribution in [0.15, 0.2) is 34.7 Å². The standard InChI is InChI=1S/C14H15ClFNO/c1-9(17-2)7-11-4-6-14(18-11)12-5-3-10(16)8-13(12)15/h3-6,8-9,17H,7H2,1-2H3. The fraction of sp³-hybridized carbons (Fsp3) is 0.286. The van der Waals surface area contributed by atoms with Gasteiger partial charge in [0.2, 0.25) is 0 Å². The molecule has 0 amide bonds. The largest absolute Gasteiger partial charge is 0.461 e. The summed E-state index contributed by atoms with van der Waals surface area (Å²) < 4.78 is 18.7. The lowest BCUT2D eigenvalue weighted by Crippen LogP contribution is -2.23. The molecular weight excluding hydrogens is 253 g/mol. The van der Waals surface area contributed by atoms with Crippen molar-refractivity contribution in [3.63, 3.8) is 0 Å². The summed E-state index contributed by atoms with van der Waals surface area (Å²) in [5.74, 6) is 1.20. The molecule has 0 aliphatic rings. The third-order valence-corrected chi connectivity index (χ3v) is 3.17. The Labute approximate surface area is 111 Å². The zero-order valence-electron chi connectivity index (χ0n) is 10.3. The fourth-order valence-corrected chi connectivity index (χ4v) is 1.99. The van der Waals surface area contributed by atoms with Crippen LogP contribution in [-0.2, 0) is 6.42 Å². The smallest absolute Gasteiger partial charge is 0.135 e. The molecule has 0 fully saturated rings. The first-order chi connectivity index (χ1) is 8.60.